The molecule has 60 heavy (non-hydrogen) atoms. The molecule has 12 rings (SSSR count). The van der Waals surface area contributed by atoms with Crippen molar-refractivity contribution in [2.75, 3.05) is 10.6 Å². The average Bonchev–Trinajstić information content (AvgIpc) is 3.31. The summed E-state index contributed by atoms with van der Waals surface area (Å²) in [4.78, 5) is 0. The molecular formula is C58H42N2. The fourth-order valence-electron chi connectivity index (χ4n) is 9.23. The SMILES string of the molecule is c1ccc(Cc2ccc3ccc4c(Cc5ccccc5)ccc5ccc2c3c54)cc1.c1ccc(Nc2ccc3ccc4ccc(Nc5ccccc5)c5ccc2c3c45)cc1. The van der Waals surface area contributed by atoms with Gasteiger partial charge in [-0.3, -0.25) is 0 Å². The number of hydrogen-bond donors (Lipinski definition) is 2. The highest BCUT2D eigenvalue weighted by Crippen LogP contribution is 2.42. The van der Waals surface area contributed by atoms with Gasteiger partial charge in [0.05, 0.1) is 0 Å². The van der Waals surface area contributed by atoms with E-state index in [9.17, 15) is 0 Å². The molecule has 284 valence electrons. The third-order valence-corrected chi connectivity index (χ3v) is 12.1. The van der Waals surface area contributed by atoms with Crippen LogP contribution in [0.3, 0.4) is 0 Å². The van der Waals surface area contributed by atoms with E-state index in [1.807, 2.05) is 12.1 Å². The van der Waals surface area contributed by atoms with Crippen molar-refractivity contribution in [3.8, 4) is 0 Å². The molecule has 0 aliphatic carbocycles. The van der Waals surface area contributed by atoms with Crippen molar-refractivity contribution < 1.29 is 0 Å². The number of para-hydroxylation sites is 2. The fourth-order valence-corrected chi connectivity index (χ4v) is 9.23. The Morgan fingerprint density at radius 1 is 0.250 bits per heavy atom. The minimum absolute atomic E-state index is 0.964. The maximum Gasteiger partial charge on any atom is 0.0464 e. The molecule has 0 amide bonds. The summed E-state index contributed by atoms with van der Waals surface area (Å²) in [6.45, 7) is 0. The second kappa shape index (κ2) is 15.2. The third kappa shape index (κ3) is 6.59. The lowest BCUT2D eigenvalue weighted by molar-refractivity contribution is 1.21. The lowest BCUT2D eigenvalue weighted by Crippen LogP contribution is -1.95. The molecule has 2 N–H and O–H groups in total. The van der Waals surface area contributed by atoms with E-state index in [1.165, 1.54) is 86.9 Å². The molecule has 0 aliphatic rings. The zero-order chi connectivity index (χ0) is 39.8. The summed E-state index contributed by atoms with van der Waals surface area (Å²) in [6.07, 6.45) is 1.93. The van der Waals surface area contributed by atoms with Crippen LogP contribution in [0, 0.1) is 0 Å². The lowest BCUT2D eigenvalue weighted by atomic mass is 9.87. The Bertz CT molecular complexity index is 2990. The Balaban J connectivity index is 0.000000136. The summed E-state index contributed by atoms with van der Waals surface area (Å²) < 4.78 is 0. The number of benzene rings is 12. The van der Waals surface area contributed by atoms with Crippen molar-refractivity contribution in [2.45, 2.75) is 12.8 Å². The first-order valence-electron chi connectivity index (χ1n) is 20.8. The third-order valence-electron chi connectivity index (χ3n) is 12.1. The van der Waals surface area contributed by atoms with Gasteiger partial charge in [0.1, 0.15) is 0 Å². The molecule has 0 radical (unpaired) electrons. The van der Waals surface area contributed by atoms with Crippen LogP contribution < -0.4 is 10.6 Å². The molecule has 0 bridgehead atoms. The van der Waals surface area contributed by atoms with Crippen LogP contribution in [0.4, 0.5) is 22.7 Å². The molecule has 0 fully saturated rings. The Hall–Kier alpha value is -7.68. The van der Waals surface area contributed by atoms with E-state index in [0.29, 0.717) is 0 Å². The van der Waals surface area contributed by atoms with Gasteiger partial charge in [0, 0.05) is 33.5 Å². The van der Waals surface area contributed by atoms with Gasteiger partial charge in [0.2, 0.25) is 0 Å². The van der Waals surface area contributed by atoms with Crippen LogP contribution in [0.25, 0.3) is 64.6 Å². The second-order valence-corrected chi connectivity index (χ2v) is 15.8. The van der Waals surface area contributed by atoms with Crippen LogP contribution in [-0.2, 0) is 12.8 Å². The Kier molecular flexibility index (Phi) is 9.02. The van der Waals surface area contributed by atoms with Crippen molar-refractivity contribution in [1.82, 2.24) is 0 Å². The van der Waals surface area contributed by atoms with Crippen LogP contribution >= 0.6 is 0 Å². The van der Waals surface area contributed by atoms with Gasteiger partial charge in [-0.25, -0.2) is 0 Å². The van der Waals surface area contributed by atoms with Gasteiger partial charge in [-0.05, 0) is 125 Å². The lowest BCUT2D eigenvalue weighted by Gasteiger charge is -2.17. The van der Waals surface area contributed by atoms with Crippen LogP contribution in [0.1, 0.15) is 22.3 Å². The van der Waals surface area contributed by atoms with Gasteiger partial charge in [0.15, 0.2) is 0 Å². The Morgan fingerprint density at radius 2 is 0.550 bits per heavy atom. The van der Waals surface area contributed by atoms with Gasteiger partial charge in [-0.2, -0.15) is 0 Å². The molecule has 12 aromatic carbocycles. The smallest absolute Gasteiger partial charge is 0.0464 e. The van der Waals surface area contributed by atoms with Gasteiger partial charge in [-0.15, -0.1) is 0 Å². The molecule has 2 nitrogen and oxygen atoms in total. The first-order valence-corrected chi connectivity index (χ1v) is 20.8. The highest BCUT2D eigenvalue weighted by atomic mass is 14.9. The van der Waals surface area contributed by atoms with E-state index in [1.54, 1.807) is 0 Å². The van der Waals surface area contributed by atoms with E-state index in [0.717, 1.165) is 35.6 Å². The van der Waals surface area contributed by atoms with Crippen molar-refractivity contribution in [3.63, 3.8) is 0 Å². The van der Waals surface area contributed by atoms with E-state index in [2.05, 4.69) is 217 Å². The molecule has 0 unspecified atom stereocenters. The molecule has 0 saturated heterocycles. The van der Waals surface area contributed by atoms with Gasteiger partial charge >= 0.3 is 0 Å². The summed E-state index contributed by atoms with van der Waals surface area (Å²) in [5.74, 6) is 0. The van der Waals surface area contributed by atoms with Crippen molar-refractivity contribution in [2.24, 2.45) is 0 Å². The highest BCUT2D eigenvalue weighted by Gasteiger charge is 2.15. The summed E-state index contributed by atoms with van der Waals surface area (Å²) in [5, 5.41) is 23.1. The molecule has 0 heterocycles. The van der Waals surface area contributed by atoms with Gasteiger partial charge in [0.25, 0.3) is 0 Å². The van der Waals surface area contributed by atoms with Crippen molar-refractivity contribution in [1.29, 1.82) is 0 Å². The van der Waals surface area contributed by atoms with Crippen LogP contribution in [0.2, 0.25) is 0 Å². The van der Waals surface area contributed by atoms with Crippen LogP contribution in [0.15, 0.2) is 218 Å². The van der Waals surface area contributed by atoms with E-state index >= 15 is 0 Å². The van der Waals surface area contributed by atoms with Crippen LogP contribution in [-0.4, -0.2) is 0 Å². The maximum atomic E-state index is 3.60. The zero-order valence-corrected chi connectivity index (χ0v) is 33.2. The van der Waals surface area contributed by atoms with Gasteiger partial charge < -0.3 is 10.6 Å². The molecule has 0 atom stereocenters. The average molecular weight is 767 g/mol. The predicted octanol–water partition coefficient (Wildman–Crippen LogP) is 15.8. The topological polar surface area (TPSA) is 24.1 Å². The predicted molar refractivity (Wildman–Crippen MR) is 258 cm³/mol. The summed E-state index contributed by atoms with van der Waals surface area (Å²) >= 11 is 0. The fraction of sp³-hybridized carbons (Fsp3) is 0.0345. The molecule has 0 aliphatic heterocycles. The van der Waals surface area contributed by atoms with Gasteiger partial charge in [-0.1, -0.05) is 182 Å². The van der Waals surface area contributed by atoms with Crippen molar-refractivity contribution in [3.05, 3.63) is 241 Å². The quantitative estimate of drug-likeness (QED) is 0.151. The Morgan fingerprint density at radius 3 is 0.950 bits per heavy atom. The highest BCUT2D eigenvalue weighted by molar-refractivity contribution is 6.28. The molecular weight excluding hydrogens is 725 g/mol. The number of anilines is 4. The minimum atomic E-state index is 0.964. The number of hydrogen-bond acceptors (Lipinski definition) is 2. The van der Waals surface area contributed by atoms with Crippen molar-refractivity contribution >= 4 is 87.4 Å². The molecule has 12 aromatic rings. The normalized spacial score (nSPS) is 11.5. The molecule has 0 spiro atoms. The van der Waals surface area contributed by atoms with E-state index in [4.69, 9.17) is 0 Å². The molecule has 2 heteroatoms. The molecule has 0 saturated carbocycles. The first kappa shape index (κ1) is 35.5. The van der Waals surface area contributed by atoms with E-state index < -0.39 is 0 Å². The largest absolute Gasteiger partial charge is 0.355 e. The summed E-state index contributed by atoms with van der Waals surface area (Å²) in [5.41, 5.74) is 9.97. The minimum Gasteiger partial charge on any atom is -0.355 e. The second-order valence-electron chi connectivity index (χ2n) is 15.8. The number of nitrogens with one attached hydrogen (secondary N) is 2. The standard InChI is InChI=1S/C30H22.C28H20N2/c1-3-7-21(8-4-1)19-25-13-11-23-16-18-28-26(20-22-9-5-2-6-10-22)14-12-24-15-17-27(25)29(23)30(24)28;1-3-7-21(8-4-1)29-25-17-13-19-11-12-20-14-18-26(30-22-9-5-2-6-10-22)24-16-15-23(25)27(19)28(20)24/h1-18H,19-20H2;1-18,29-30H. The number of rotatable bonds is 8. The Labute approximate surface area is 350 Å². The van der Waals surface area contributed by atoms with E-state index in [-0.39, 0.29) is 0 Å². The molecule has 0 aromatic heterocycles. The first-order chi connectivity index (χ1) is 29.7. The summed E-state index contributed by atoms with van der Waals surface area (Å²) in [6, 6.07) is 78.4. The maximum absolute atomic E-state index is 3.60. The van der Waals surface area contributed by atoms with Crippen LogP contribution in [0.5, 0.6) is 0 Å². The monoisotopic (exact) mass is 766 g/mol. The zero-order valence-electron chi connectivity index (χ0n) is 33.2. The summed E-state index contributed by atoms with van der Waals surface area (Å²) in [7, 11) is 0.